The zero-order valence-corrected chi connectivity index (χ0v) is 13.4. The first-order valence-electron chi connectivity index (χ1n) is 6.27. The second-order valence-electron chi connectivity index (χ2n) is 4.68. The highest BCUT2D eigenvalue weighted by molar-refractivity contribution is 7.89. The molecule has 0 fully saturated rings. The van der Waals surface area contributed by atoms with Gasteiger partial charge >= 0.3 is 0 Å². The molecule has 0 saturated carbocycles. The maximum Gasteiger partial charge on any atom is 0.239 e. The van der Waals surface area contributed by atoms with E-state index in [1.165, 1.54) is 13.0 Å². The van der Waals surface area contributed by atoms with Crippen molar-refractivity contribution in [3.8, 4) is 0 Å². The smallest absolute Gasteiger partial charge is 0.239 e. The Morgan fingerprint density at radius 2 is 2.00 bits per heavy atom. The molecule has 20 heavy (non-hydrogen) atoms. The monoisotopic (exact) mass is 318 g/mol. The van der Waals surface area contributed by atoms with Gasteiger partial charge in [-0.2, -0.15) is 0 Å². The number of carbonyl (C=O) groups is 1. The van der Waals surface area contributed by atoms with E-state index in [-0.39, 0.29) is 21.3 Å². The number of ketones is 1. The highest BCUT2D eigenvalue weighted by atomic mass is 35.5. The van der Waals surface area contributed by atoms with Crippen LogP contribution >= 0.6 is 11.6 Å². The van der Waals surface area contributed by atoms with Gasteiger partial charge in [0, 0.05) is 19.2 Å². The summed E-state index contributed by atoms with van der Waals surface area (Å²) in [6.07, 6.45) is 1.93. The van der Waals surface area contributed by atoms with Crippen molar-refractivity contribution in [2.24, 2.45) is 5.14 Å². The molecule has 0 unspecified atom stereocenters. The Kier molecular flexibility index (Phi) is 5.56. The summed E-state index contributed by atoms with van der Waals surface area (Å²) in [4.78, 5) is 13.1. The number of carbonyl (C=O) groups excluding carboxylic acids is 1. The lowest BCUT2D eigenvalue weighted by molar-refractivity contribution is 0.101. The van der Waals surface area contributed by atoms with Crippen molar-refractivity contribution < 1.29 is 13.2 Å². The van der Waals surface area contributed by atoms with E-state index in [1.54, 1.807) is 13.1 Å². The van der Waals surface area contributed by atoms with Crippen LogP contribution in [0.3, 0.4) is 0 Å². The van der Waals surface area contributed by atoms with E-state index in [1.807, 2.05) is 4.90 Å². The molecular formula is C13H19ClN2O3S. The first-order chi connectivity index (χ1) is 9.18. The standard InChI is InChI=1S/C13H19ClN2O3S/c1-4-5-6-16(3)11-7-10(9(2)17)8-12(13(11)14)20(15,18)19/h7-8H,4-6H2,1-3H3,(H2,15,18,19). The molecule has 7 heteroatoms. The Labute approximate surface area is 124 Å². The summed E-state index contributed by atoms with van der Waals surface area (Å²) < 4.78 is 23.2. The molecule has 0 spiro atoms. The third-order valence-corrected chi connectivity index (χ3v) is 4.44. The Morgan fingerprint density at radius 1 is 1.40 bits per heavy atom. The van der Waals surface area contributed by atoms with Crippen molar-refractivity contribution >= 4 is 33.1 Å². The summed E-state index contributed by atoms with van der Waals surface area (Å²) in [6, 6.07) is 2.81. The summed E-state index contributed by atoms with van der Waals surface area (Å²) in [5.74, 6) is -0.239. The van der Waals surface area contributed by atoms with Crippen molar-refractivity contribution in [3.05, 3.63) is 22.7 Å². The van der Waals surface area contributed by atoms with E-state index in [9.17, 15) is 13.2 Å². The minimum atomic E-state index is -3.98. The van der Waals surface area contributed by atoms with Gasteiger partial charge in [0.1, 0.15) is 4.90 Å². The highest BCUT2D eigenvalue weighted by Crippen LogP contribution is 2.33. The van der Waals surface area contributed by atoms with Gasteiger partial charge in [-0.3, -0.25) is 4.79 Å². The molecule has 0 amide bonds. The largest absolute Gasteiger partial charge is 0.373 e. The van der Waals surface area contributed by atoms with Crippen molar-refractivity contribution in [2.45, 2.75) is 31.6 Å². The van der Waals surface area contributed by atoms with Crippen molar-refractivity contribution in [1.82, 2.24) is 0 Å². The summed E-state index contributed by atoms with van der Waals surface area (Å²) in [7, 11) is -2.18. The fraction of sp³-hybridized carbons (Fsp3) is 0.462. The molecule has 0 radical (unpaired) electrons. The van der Waals surface area contributed by atoms with Crippen LogP contribution < -0.4 is 10.0 Å². The van der Waals surface area contributed by atoms with Crippen LogP contribution in [0.2, 0.25) is 5.02 Å². The zero-order chi connectivity index (χ0) is 15.5. The van der Waals surface area contributed by atoms with Crippen LogP contribution in [-0.4, -0.2) is 27.8 Å². The van der Waals surface area contributed by atoms with Crippen LogP contribution in [0.4, 0.5) is 5.69 Å². The van der Waals surface area contributed by atoms with Crippen LogP contribution in [-0.2, 0) is 10.0 Å². The van der Waals surface area contributed by atoms with Gasteiger partial charge in [0.15, 0.2) is 5.78 Å². The maximum atomic E-state index is 11.6. The number of hydrogen-bond acceptors (Lipinski definition) is 4. The summed E-state index contributed by atoms with van der Waals surface area (Å²) in [5.41, 5.74) is 0.772. The Bertz CT molecular complexity index is 614. The number of Topliss-reactive ketones (excluding diaryl/α,β-unsaturated/α-hetero) is 1. The Morgan fingerprint density at radius 3 is 2.45 bits per heavy atom. The topological polar surface area (TPSA) is 80.5 Å². The second kappa shape index (κ2) is 6.56. The van der Waals surface area contributed by atoms with Gasteiger partial charge in [-0.25, -0.2) is 13.6 Å². The first-order valence-corrected chi connectivity index (χ1v) is 8.19. The molecule has 0 heterocycles. The number of nitrogens with two attached hydrogens (primary N) is 1. The molecule has 1 aromatic rings. The van der Waals surface area contributed by atoms with Crippen molar-refractivity contribution in [1.29, 1.82) is 0 Å². The van der Waals surface area contributed by atoms with Crippen LogP contribution in [0.1, 0.15) is 37.0 Å². The fourth-order valence-electron chi connectivity index (χ4n) is 1.79. The second-order valence-corrected chi connectivity index (χ2v) is 6.59. The van der Waals surface area contributed by atoms with E-state index in [2.05, 4.69) is 6.92 Å². The van der Waals surface area contributed by atoms with Crippen molar-refractivity contribution in [3.63, 3.8) is 0 Å². The van der Waals surface area contributed by atoms with Crippen LogP contribution in [0.5, 0.6) is 0 Å². The number of sulfonamides is 1. The molecule has 0 saturated heterocycles. The third-order valence-electron chi connectivity index (χ3n) is 2.99. The number of unbranched alkanes of at least 4 members (excludes halogenated alkanes) is 1. The van der Waals surface area contributed by atoms with Gasteiger partial charge in [0.25, 0.3) is 0 Å². The van der Waals surface area contributed by atoms with Crippen LogP contribution in [0.15, 0.2) is 17.0 Å². The lowest BCUT2D eigenvalue weighted by atomic mass is 10.1. The van der Waals surface area contributed by atoms with E-state index < -0.39 is 10.0 Å². The van der Waals surface area contributed by atoms with Crippen LogP contribution in [0, 0.1) is 0 Å². The minimum Gasteiger partial charge on any atom is -0.373 e. The number of primary sulfonamides is 1. The SMILES string of the molecule is CCCCN(C)c1cc(C(C)=O)cc(S(N)(=O)=O)c1Cl. The normalized spacial score (nSPS) is 11.4. The van der Waals surface area contributed by atoms with Gasteiger partial charge in [0.2, 0.25) is 10.0 Å². The summed E-state index contributed by atoms with van der Waals surface area (Å²) in [6.45, 7) is 4.13. The Balaban J connectivity index is 3.43. The van der Waals surface area contributed by atoms with E-state index in [0.717, 1.165) is 12.8 Å². The Hall–Kier alpha value is -1.11. The molecule has 0 aliphatic heterocycles. The van der Waals surface area contributed by atoms with Gasteiger partial charge in [-0.15, -0.1) is 0 Å². The molecular weight excluding hydrogens is 300 g/mol. The van der Waals surface area contributed by atoms with E-state index >= 15 is 0 Å². The van der Waals surface area contributed by atoms with Gasteiger partial charge in [-0.1, -0.05) is 24.9 Å². The lowest BCUT2D eigenvalue weighted by Gasteiger charge is -2.22. The average Bonchev–Trinajstić information content (AvgIpc) is 2.34. The summed E-state index contributed by atoms with van der Waals surface area (Å²) in [5, 5.41) is 5.21. The van der Waals surface area contributed by atoms with E-state index in [0.29, 0.717) is 12.2 Å². The number of hydrogen-bond donors (Lipinski definition) is 1. The summed E-state index contributed by atoms with van der Waals surface area (Å²) >= 11 is 6.13. The third kappa shape index (κ3) is 3.94. The zero-order valence-electron chi connectivity index (χ0n) is 11.8. The molecule has 0 aliphatic rings. The number of halogens is 1. The fourth-order valence-corrected chi connectivity index (χ4v) is 3.01. The molecule has 1 aromatic carbocycles. The maximum absolute atomic E-state index is 11.6. The molecule has 112 valence electrons. The molecule has 0 aromatic heterocycles. The molecule has 1 rings (SSSR count). The molecule has 0 bridgehead atoms. The molecule has 0 aliphatic carbocycles. The quantitative estimate of drug-likeness (QED) is 0.817. The average molecular weight is 319 g/mol. The van der Waals surface area contributed by atoms with E-state index in [4.69, 9.17) is 16.7 Å². The molecule has 2 N–H and O–H groups in total. The highest BCUT2D eigenvalue weighted by Gasteiger charge is 2.20. The predicted molar refractivity (Wildman–Crippen MR) is 81.0 cm³/mol. The lowest BCUT2D eigenvalue weighted by Crippen LogP contribution is -2.21. The number of benzene rings is 1. The molecule has 5 nitrogen and oxygen atoms in total. The van der Waals surface area contributed by atoms with Gasteiger partial charge in [0.05, 0.1) is 10.7 Å². The predicted octanol–water partition coefficient (Wildman–Crippen LogP) is 2.43. The van der Waals surface area contributed by atoms with Crippen molar-refractivity contribution in [2.75, 3.05) is 18.5 Å². The van der Waals surface area contributed by atoms with Crippen LogP contribution in [0.25, 0.3) is 0 Å². The first kappa shape index (κ1) is 16.9. The minimum absolute atomic E-state index is 0.0519. The number of rotatable bonds is 6. The number of nitrogens with zero attached hydrogens (tertiary/aromatic N) is 1. The number of anilines is 1. The van der Waals surface area contributed by atoms with Gasteiger partial charge < -0.3 is 4.90 Å². The molecule has 0 atom stereocenters. The van der Waals surface area contributed by atoms with Gasteiger partial charge in [-0.05, 0) is 25.5 Å².